The summed E-state index contributed by atoms with van der Waals surface area (Å²) in [4.78, 5) is 3.95. The number of nitrogens with zero attached hydrogens (tertiary/aromatic N) is 1. The monoisotopic (exact) mass is 346 g/mol. The van der Waals surface area contributed by atoms with Crippen LogP contribution in [0.4, 0.5) is 5.69 Å². The normalized spacial score (nSPS) is 11.2. The van der Waals surface area contributed by atoms with Gasteiger partial charge < -0.3 is 0 Å². The molecule has 0 aliphatic carbocycles. The summed E-state index contributed by atoms with van der Waals surface area (Å²) < 4.78 is 27.3. The maximum absolute atomic E-state index is 12.1. The van der Waals surface area contributed by atoms with E-state index in [4.69, 9.17) is 11.6 Å². The molecule has 2 aromatic rings. The molecular weight excluding hydrogens is 340 g/mol. The van der Waals surface area contributed by atoms with Crippen molar-refractivity contribution in [2.45, 2.75) is 4.90 Å². The van der Waals surface area contributed by atoms with Crippen molar-refractivity contribution in [1.29, 1.82) is 0 Å². The van der Waals surface area contributed by atoms with Crippen LogP contribution >= 0.6 is 27.5 Å². The van der Waals surface area contributed by atoms with Gasteiger partial charge in [0.2, 0.25) is 0 Å². The second kappa shape index (κ2) is 5.26. The van der Waals surface area contributed by atoms with Crippen LogP contribution in [0.2, 0.25) is 5.15 Å². The van der Waals surface area contributed by atoms with Gasteiger partial charge in [-0.3, -0.25) is 4.72 Å². The lowest BCUT2D eigenvalue weighted by Gasteiger charge is -2.08. The Morgan fingerprint density at radius 2 is 2.00 bits per heavy atom. The van der Waals surface area contributed by atoms with Gasteiger partial charge in [0.25, 0.3) is 10.0 Å². The fourth-order valence-electron chi connectivity index (χ4n) is 1.31. The molecule has 0 amide bonds. The Morgan fingerprint density at radius 1 is 1.22 bits per heavy atom. The third kappa shape index (κ3) is 3.22. The zero-order valence-electron chi connectivity index (χ0n) is 8.97. The van der Waals surface area contributed by atoms with Crippen molar-refractivity contribution in [2.24, 2.45) is 0 Å². The smallest absolute Gasteiger partial charge is 0.261 e. The minimum absolute atomic E-state index is 0.171. The summed E-state index contributed by atoms with van der Waals surface area (Å²) in [5, 5.41) is 0.226. The molecule has 18 heavy (non-hydrogen) atoms. The highest BCUT2D eigenvalue weighted by molar-refractivity contribution is 9.10. The molecule has 1 N–H and O–H groups in total. The predicted octanol–water partition coefficient (Wildman–Crippen LogP) is 3.30. The highest BCUT2D eigenvalue weighted by Crippen LogP contribution is 2.20. The van der Waals surface area contributed by atoms with Crippen LogP contribution in [0.5, 0.6) is 0 Å². The van der Waals surface area contributed by atoms with Crippen molar-refractivity contribution >= 4 is 43.2 Å². The first-order valence-corrected chi connectivity index (χ1v) is 7.53. The van der Waals surface area contributed by atoms with Gasteiger partial charge >= 0.3 is 0 Å². The first-order chi connectivity index (χ1) is 8.47. The number of hydrogen-bond acceptors (Lipinski definition) is 3. The highest BCUT2D eigenvalue weighted by atomic mass is 79.9. The molecule has 2 rings (SSSR count). The summed E-state index contributed by atoms with van der Waals surface area (Å²) in [6.07, 6.45) is 1.43. The van der Waals surface area contributed by atoms with Gasteiger partial charge in [-0.25, -0.2) is 13.4 Å². The number of aromatic nitrogens is 1. The van der Waals surface area contributed by atoms with Crippen molar-refractivity contribution < 1.29 is 8.42 Å². The third-order valence-corrected chi connectivity index (χ3v) is 4.16. The van der Waals surface area contributed by atoms with Crippen molar-refractivity contribution in [2.75, 3.05) is 4.72 Å². The molecule has 1 aromatic carbocycles. The van der Waals surface area contributed by atoms with Crippen LogP contribution in [0.3, 0.4) is 0 Å². The van der Waals surface area contributed by atoms with E-state index in [0.717, 1.165) is 0 Å². The predicted molar refractivity (Wildman–Crippen MR) is 74.2 cm³/mol. The summed E-state index contributed by atoms with van der Waals surface area (Å²) in [7, 11) is -3.62. The number of nitrogens with one attached hydrogen (secondary N) is 1. The highest BCUT2D eigenvalue weighted by Gasteiger charge is 2.14. The minimum atomic E-state index is -3.62. The fraction of sp³-hybridized carbons (Fsp3) is 0. The van der Waals surface area contributed by atoms with E-state index in [9.17, 15) is 8.42 Å². The van der Waals surface area contributed by atoms with Gasteiger partial charge in [0, 0.05) is 10.7 Å². The molecule has 7 heteroatoms. The molecule has 0 unspecified atom stereocenters. The maximum Gasteiger partial charge on any atom is 0.261 e. The number of hydrogen-bond donors (Lipinski definition) is 1. The Bertz CT molecular complexity index is 676. The summed E-state index contributed by atoms with van der Waals surface area (Å²) >= 11 is 8.92. The van der Waals surface area contributed by atoms with Gasteiger partial charge in [0.05, 0.1) is 10.6 Å². The minimum Gasteiger partial charge on any atom is -0.279 e. The van der Waals surface area contributed by atoms with E-state index < -0.39 is 10.0 Å². The van der Waals surface area contributed by atoms with Crippen LogP contribution in [0.25, 0.3) is 0 Å². The molecule has 0 spiro atoms. The molecule has 0 bridgehead atoms. The molecule has 0 aliphatic heterocycles. The molecule has 0 fully saturated rings. The Balaban J connectivity index is 2.33. The van der Waals surface area contributed by atoms with Crippen molar-refractivity contribution in [3.63, 3.8) is 0 Å². The van der Waals surface area contributed by atoms with Gasteiger partial charge in [-0.2, -0.15) is 0 Å². The van der Waals surface area contributed by atoms with Gasteiger partial charge in [-0.1, -0.05) is 33.6 Å². The molecule has 0 radical (unpaired) electrons. The largest absolute Gasteiger partial charge is 0.279 e. The van der Waals surface area contributed by atoms with Crippen LogP contribution in [0.15, 0.2) is 52.0 Å². The average molecular weight is 348 g/mol. The Kier molecular flexibility index (Phi) is 3.89. The third-order valence-electron chi connectivity index (χ3n) is 2.09. The number of benzene rings is 1. The Morgan fingerprint density at radius 3 is 2.67 bits per heavy atom. The quantitative estimate of drug-likeness (QED) is 0.867. The summed E-state index contributed by atoms with van der Waals surface area (Å²) in [6, 6.07) is 9.40. The summed E-state index contributed by atoms with van der Waals surface area (Å²) in [6.45, 7) is 0. The maximum atomic E-state index is 12.1. The molecule has 94 valence electrons. The molecule has 0 saturated carbocycles. The van der Waals surface area contributed by atoms with Crippen LogP contribution in [0, 0.1) is 0 Å². The molecular formula is C11H8BrClN2O2S. The van der Waals surface area contributed by atoms with E-state index in [1.54, 1.807) is 12.1 Å². The number of rotatable bonds is 3. The summed E-state index contributed by atoms with van der Waals surface area (Å²) in [5.74, 6) is 0. The number of sulfonamides is 1. The standard InChI is InChI=1S/C11H8BrClN2O2S/c12-8-2-1-3-10(6-8)18(16,17)15-9-4-5-14-11(13)7-9/h1-7H,(H,14,15). The molecule has 0 saturated heterocycles. The van der Waals surface area contributed by atoms with Crippen LogP contribution in [0.1, 0.15) is 0 Å². The van der Waals surface area contributed by atoms with Crippen LogP contribution in [-0.2, 0) is 10.0 Å². The lowest BCUT2D eigenvalue weighted by Crippen LogP contribution is -2.12. The number of pyridine rings is 1. The molecule has 1 heterocycles. The van der Waals surface area contributed by atoms with Crippen LogP contribution < -0.4 is 4.72 Å². The van der Waals surface area contributed by atoms with E-state index in [1.165, 1.54) is 30.5 Å². The first-order valence-electron chi connectivity index (χ1n) is 4.87. The van der Waals surface area contributed by atoms with Crippen LogP contribution in [-0.4, -0.2) is 13.4 Å². The molecule has 4 nitrogen and oxygen atoms in total. The zero-order chi connectivity index (χ0) is 13.2. The SMILES string of the molecule is O=S(=O)(Nc1ccnc(Cl)c1)c1cccc(Br)c1. The lowest BCUT2D eigenvalue weighted by atomic mass is 10.4. The van der Waals surface area contributed by atoms with Crippen molar-refractivity contribution in [3.05, 3.63) is 52.2 Å². The Hall–Kier alpha value is -1.11. The van der Waals surface area contributed by atoms with E-state index in [0.29, 0.717) is 10.2 Å². The van der Waals surface area contributed by atoms with E-state index >= 15 is 0 Å². The van der Waals surface area contributed by atoms with Crippen molar-refractivity contribution in [1.82, 2.24) is 4.98 Å². The molecule has 0 aliphatic rings. The van der Waals surface area contributed by atoms with Gasteiger partial charge in [-0.05, 0) is 30.3 Å². The van der Waals surface area contributed by atoms with Gasteiger partial charge in [-0.15, -0.1) is 0 Å². The second-order valence-electron chi connectivity index (χ2n) is 3.43. The summed E-state index contributed by atoms with van der Waals surface area (Å²) in [5.41, 5.74) is 0.370. The zero-order valence-corrected chi connectivity index (χ0v) is 12.1. The van der Waals surface area contributed by atoms with Gasteiger partial charge in [0.15, 0.2) is 0 Å². The second-order valence-corrected chi connectivity index (χ2v) is 6.42. The topological polar surface area (TPSA) is 59.1 Å². The van der Waals surface area contributed by atoms with E-state index in [1.807, 2.05) is 0 Å². The first kappa shape index (κ1) is 13.3. The lowest BCUT2D eigenvalue weighted by molar-refractivity contribution is 0.601. The van der Waals surface area contributed by atoms with E-state index in [-0.39, 0.29) is 10.0 Å². The van der Waals surface area contributed by atoms with Gasteiger partial charge in [0.1, 0.15) is 5.15 Å². The fourth-order valence-corrected chi connectivity index (χ4v) is 3.13. The average Bonchev–Trinajstić information content (AvgIpc) is 2.28. The molecule has 0 atom stereocenters. The van der Waals surface area contributed by atoms with E-state index in [2.05, 4.69) is 25.6 Å². The van der Waals surface area contributed by atoms with Crippen molar-refractivity contribution in [3.8, 4) is 0 Å². The number of halogens is 2. The molecule has 1 aromatic heterocycles. The Labute approximate surface area is 118 Å². The number of anilines is 1.